The van der Waals surface area contributed by atoms with Gasteiger partial charge in [-0.15, -0.1) is 0 Å². The Labute approximate surface area is 180 Å². The normalized spacial score (nSPS) is 10.5. The molecule has 3 rings (SSSR count). The number of hydrogen-bond donors (Lipinski definition) is 0. The second-order valence-electron chi connectivity index (χ2n) is 6.99. The second kappa shape index (κ2) is 10.9. The summed E-state index contributed by atoms with van der Waals surface area (Å²) in [5.74, 6) is 0.246. The Hall–Kier alpha value is -3.74. The van der Waals surface area contributed by atoms with Gasteiger partial charge in [-0.25, -0.2) is 4.98 Å². The lowest BCUT2D eigenvalue weighted by atomic mass is 10.0. The maximum absolute atomic E-state index is 11.2. The number of unbranched alkanes of at least 4 members (excludes halogenated alkanes) is 2. The van der Waals surface area contributed by atoms with Gasteiger partial charge in [-0.2, -0.15) is 0 Å². The van der Waals surface area contributed by atoms with Gasteiger partial charge >= 0.3 is 5.97 Å². The number of ether oxygens (including phenoxy) is 2. The van der Waals surface area contributed by atoms with Crippen LogP contribution in [0.25, 0.3) is 22.4 Å². The molecule has 0 saturated carbocycles. The molecule has 0 bridgehead atoms. The maximum atomic E-state index is 11.2. The van der Waals surface area contributed by atoms with Crippen molar-refractivity contribution in [2.45, 2.75) is 25.7 Å². The van der Waals surface area contributed by atoms with Crippen molar-refractivity contribution in [3.8, 4) is 28.3 Å². The third-order valence-corrected chi connectivity index (χ3v) is 4.76. The number of aromatic nitrogens is 1. The van der Waals surface area contributed by atoms with Crippen molar-refractivity contribution in [3.05, 3.63) is 76.8 Å². The van der Waals surface area contributed by atoms with Gasteiger partial charge in [0.1, 0.15) is 0 Å². The standard InChI is InChI=1S/C24H24N2O5/c1-30-24(27)13-6-3-7-14-31-23-17-20(19-11-8-12-21(15-19)26(28)29)16-22(25-23)18-9-4-2-5-10-18/h2,4-5,8-12,15-17H,3,6-7,13-14H2,1H3. The highest BCUT2D eigenvalue weighted by Crippen LogP contribution is 2.30. The van der Waals surface area contributed by atoms with Gasteiger partial charge in [-0.05, 0) is 36.5 Å². The zero-order valence-electron chi connectivity index (χ0n) is 17.3. The van der Waals surface area contributed by atoms with Crippen LogP contribution in [0.2, 0.25) is 0 Å². The van der Waals surface area contributed by atoms with Gasteiger partial charge in [0.2, 0.25) is 5.88 Å². The van der Waals surface area contributed by atoms with Gasteiger partial charge in [0.15, 0.2) is 0 Å². The van der Waals surface area contributed by atoms with Crippen molar-refractivity contribution in [3.63, 3.8) is 0 Å². The lowest BCUT2D eigenvalue weighted by Crippen LogP contribution is -2.02. The van der Waals surface area contributed by atoms with Crippen LogP contribution in [0.1, 0.15) is 25.7 Å². The first-order valence-electron chi connectivity index (χ1n) is 10.1. The van der Waals surface area contributed by atoms with Crippen LogP contribution >= 0.6 is 0 Å². The van der Waals surface area contributed by atoms with Crippen LogP contribution in [0, 0.1) is 10.1 Å². The summed E-state index contributed by atoms with van der Waals surface area (Å²) in [6.07, 6.45) is 2.76. The predicted molar refractivity (Wildman–Crippen MR) is 118 cm³/mol. The van der Waals surface area contributed by atoms with Crippen LogP contribution in [-0.2, 0) is 9.53 Å². The molecule has 1 heterocycles. The van der Waals surface area contributed by atoms with E-state index in [0.717, 1.165) is 41.6 Å². The molecular formula is C24H24N2O5. The lowest BCUT2D eigenvalue weighted by molar-refractivity contribution is -0.384. The van der Waals surface area contributed by atoms with Gasteiger partial charge in [0.25, 0.3) is 5.69 Å². The smallest absolute Gasteiger partial charge is 0.305 e. The highest BCUT2D eigenvalue weighted by Gasteiger charge is 2.11. The van der Waals surface area contributed by atoms with E-state index < -0.39 is 4.92 Å². The average Bonchev–Trinajstić information content (AvgIpc) is 2.81. The van der Waals surface area contributed by atoms with Gasteiger partial charge in [0.05, 0.1) is 24.3 Å². The molecule has 0 radical (unpaired) electrons. The monoisotopic (exact) mass is 420 g/mol. The summed E-state index contributed by atoms with van der Waals surface area (Å²) >= 11 is 0. The summed E-state index contributed by atoms with van der Waals surface area (Å²) < 4.78 is 10.5. The summed E-state index contributed by atoms with van der Waals surface area (Å²) in [6, 6.07) is 19.9. The average molecular weight is 420 g/mol. The summed E-state index contributed by atoms with van der Waals surface area (Å²) in [4.78, 5) is 26.5. The molecule has 0 spiro atoms. The minimum atomic E-state index is -0.408. The van der Waals surface area contributed by atoms with E-state index in [0.29, 0.717) is 18.9 Å². The first-order valence-corrected chi connectivity index (χ1v) is 10.1. The zero-order chi connectivity index (χ0) is 22.1. The van der Waals surface area contributed by atoms with E-state index in [1.807, 2.05) is 42.5 Å². The number of hydrogen-bond acceptors (Lipinski definition) is 6. The van der Waals surface area contributed by atoms with Gasteiger partial charge in [-0.3, -0.25) is 14.9 Å². The van der Waals surface area contributed by atoms with E-state index in [9.17, 15) is 14.9 Å². The van der Waals surface area contributed by atoms with Crippen molar-refractivity contribution in [1.82, 2.24) is 4.98 Å². The molecule has 0 N–H and O–H groups in total. The highest BCUT2D eigenvalue weighted by molar-refractivity contribution is 5.73. The van der Waals surface area contributed by atoms with E-state index >= 15 is 0 Å². The topological polar surface area (TPSA) is 91.6 Å². The third kappa shape index (κ3) is 6.37. The lowest BCUT2D eigenvalue weighted by Gasteiger charge is -2.11. The quantitative estimate of drug-likeness (QED) is 0.188. The van der Waals surface area contributed by atoms with Crippen molar-refractivity contribution in [1.29, 1.82) is 0 Å². The van der Waals surface area contributed by atoms with Gasteiger partial charge < -0.3 is 9.47 Å². The van der Waals surface area contributed by atoms with Gasteiger partial charge in [-0.1, -0.05) is 42.5 Å². The summed E-state index contributed by atoms with van der Waals surface area (Å²) in [7, 11) is 1.38. The molecular weight excluding hydrogens is 396 g/mol. The molecule has 0 atom stereocenters. The van der Waals surface area contributed by atoms with Crippen LogP contribution in [0.15, 0.2) is 66.7 Å². The molecule has 2 aromatic carbocycles. The molecule has 0 saturated heterocycles. The Morgan fingerprint density at radius 1 is 0.935 bits per heavy atom. The number of esters is 1. The Morgan fingerprint density at radius 3 is 2.45 bits per heavy atom. The van der Waals surface area contributed by atoms with E-state index in [-0.39, 0.29) is 11.7 Å². The summed E-state index contributed by atoms with van der Waals surface area (Å²) in [5.41, 5.74) is 3.20. The summed E-state index contributed by atoms with van der Waals surface area (Å²) in [6.45, 7) is 0.459. The van der Waals surface area contributed by atoms with Gasteiger partial charge in [0, 0.05) is 30.2 Å². The molecule has 0 fully saturated rings. The number of methoxy groups -OCH3 is 1. The number of carbonyl (C=O) groups is 1. The molecule has 3 aromatic rings. The number of nitro benzene ring substituents is 1. The van der Waals surface area contributed by atoms with Crippen molar-refractivity contribution >= 4 is 11.7 Å². The molecule has 160 valence electrons. The molecule has 0 aliphatic rings. The van der Waals surface area contributed by atoms with Crippen molar-refractivity contribution < 1.29 is 19.2 Å². The Balaban J connectivity index is 1.79. The number of carbonyl (C=O) groups excluding carboxylic acids is 1. The molecule has 0 aliphatic carbocycles. The van der Waals surface area contributed by atoms with Crippen LogP contribution in [0.4, 0.5) is 5.69 Å². The molecule has 7 nitrogen and oxygen atoms in total. The first-order chi connectivity index (χ1) is 15.1. The minimum absolute atomic E-state index is 0.0312. The van der Waals surface area contributed by atoms with E-state index in [1.54, 1.807) is 18.2 Å². The number of nitrogens with zero attached hydrogens (tertiary/aromatic N) is 2. The fraction of sp³-hybridized carbons (Fsp3) is 0.250. The number of non-ortho nitro benzene ring substituents is 1. The third-order valence-electron chi connectivity index (χ3n) is 4.76. The minimum Gasteiger partial charge on any atom is -0.478 e. The molecule has 7 heteroatoms. The zero-order valence-corrected chi connectivity index (χ0v) is 17.3. The largest absolute Gasteiger partial charge is 0.478 e. The first kappa shape index (κ1) is 22.0. The molecule has 0 amide bonds. The molecule has 0 aliphatic heterocycles. The van der Waals surface area contributed by atoms with Crippen LogP contribution in [-0.4, -0.2) is 29.6 Å². The predicted octanol–water partition coefficient (Wildman–Crippen LogP) is 5.44. The van der Waals surface area contributed by atoms with Crippen molar-refractivity contribution in [2.24, 2.45) is 0 Å². The molecule has 0 unspecified atom stereocenters. The van der Waals surface area contributed by atoms with Crippen LogP contribution in [0.3, 0.4) is 0 Å². The Morgan fingerprint density at radius 2 is 1.71 bits per heavy atom. The second-order valence-corrected chi connectivity index (χ2v) is 6.99. The van der Waals surface area contributed by atoms with Crippen molar-refractivity contribution in [2.75, 3.05) is 13.7 Å². The van der Waals surface area contributed by atoms with E-state index in [4.69, 9.17) is 4.74 Å². The SMILES string of the molecule is COC(=O)CCCCCOc1cc(-c2cccc([N+](=O)[O-])c2)cc(-c2ccccc2)n1. The molecule has 31 heavy (non-hydrogen) atoms. The van der Waals surface area contributed by atoms with E-state index in [1.165, 1.54) is 13.2 Å². The van der Waals surface area contributed by atoms with Crippen LogP contribution < -0.4 is 4.74 Å². The number of benzene rings is 2. The number of nitro groups is 1. The number of pyridine rings is 1. The highest BCUT2D eigenvalue weighted by atomic mass is 16.6. The fourth-order valence-electron chi connectivity index (χ4n) is 3.13. The molecule has 1 aromatic heterocycles. The number of rotatable bonds is 10. The Bertz CT molecular complexity index is 1040. The fourth-order valence-corrected chi connectivity index (χ4v) is 3.13. The van der Waals surface area contributed by atoms with E-state index in [2.05, 4.69) is 9.72 Å². The van der Waals surface area contributed by atoms with Crippen LogP contribution in [0.5, 0.6) is 5.88 Å². The Kier molecular flexibility index (Phi) is 7.70. The maximum Gasteiger partial charge on any atom is 0.305 e. The summed E-state index contributed by atoms with van der Waals surface area (Å²) in [5, 5.41) is 11.2.